The van der Waals surface area contributed by atoms with Gasteiger partial charge in [0.25, 0.3) is 0 Å². The van der Waals surface area contributed by atoms with Crippen LogP contribution in [-0.4, -0.2) is 46.3 Å². The van der Waals surface area contributed by atoms with E-state index in [4.69, 9.17) is 5.11 Å². The third-order valence-electron chi connectivity index (χ3n) is 3.16. The summed E-state index contributed by atoms with van der Waals surface area (Å²) in [5.74, 6) is -1.27. The first kappa shape index (κ1) is 15.6. The van der Waals surface area contributed by atoms with Crippen molar-refractivity contribution in [1.82, 2.24) is 10.2 Å². The Hall–Kier alpha value is -1.47. The van der Waals surface area contributed by atoms with Crippen LogP contribution in [0.25, 0.3) is 0 Å². The van der Waals surface area contributed by atoms with Crippen LogP contribution in [0.15, 0.2) is 0 Å². The predicted molar refractivity (Wildman–Crippen MR) is 60.6 cm³/mol. The Kier molecular flexibility index (Phi) is 4.32. The zero-order valence-electron chi connectivity index (χ0n) is 10.8. The molecular formula is C11H17F3N2O3. The number of hydrogen-bond acceptors (Lipinski definition) is 2. The maximum Gasteiger partial charge on any atom is 0.406 e. The lowest BCUT2D eigenvalue weighted by molar-refractivity contribution is -0.144. The molecule has 2 amide bonds. The van der Waals surface area contributed by atoms with Gasteiger partial charge in [-0.2, -0.15) is 13.2 Å². The first-order valence-corrected chi connectivity index (χ1v) is 5.98. The molecule has 0 radical (unpaired) electrons. The van der Waals surface area contributed by atoms with Crippen LogP contribution < -0.4 is 5.32 Å². The number of carbonyl (C=O) groups is 2. The zero-order valence-corrected chi connectivity index (χ0v) is 10.8. The molecule has 1 saturated carbocycles. The Bertz CT molecular complexity index is 369. The second-order valence-electron chi connectivity index (χ2n) is 4.90. The first-order chi connectivity index (χ1) is 8.59. The van der Waals surface area contributed by atoms with Gasteiger partial charge in [0.1, 0.15) is 12.1 Å². The average molecular weight is 282 g/mol. The quantitative estimate of drug-likeness (QED) is 0.810. The molecular weight excluding hydrogens is 265 g/mol. The van der Waals surface area contributed by atoms with Gasteiger partial charge in [-0.1, -0.05) is 6.92 Å². The second kappa shape index (κ2) is 5.26. The Morgan fingerprint density at radius 2 is 1.89 bits per heavy atom. The molecule has 0 aromatic rings. The van der Waals surface area contributed by atoms with E-state index in [1.54, 1.807) is 6.92 Å². The SMILES string of the molecule is CCC(C)(NC(=O)N(CC(F)(F)F)C1CC1)C(=O)O. The maximum absolute atomic E-state index is 12.4. The minimum Gasteiger partial charge on any atom is -0.480 e. The monoisotopic (exact) mass is 282 g/mol. The summed E-state index contributed by atoms with van der Waals surface area (Å²) in [6.45, 7) is 1.45. The number of nitrogens with zero attached hydrogens (tertiary/aromatic N) is 1. The molecule has 0 aromatic heterocycles. The number of aliphatic carboxylic acids is 1. The summed E-state index contributed by atoms with van der Waals surface area (Å²) in [7, 11) is 0. The van der Waals surface area contributed by atoms with Crippen LogP contribution >= 0.6 is 0 Å². The second-order valence-corrected chi connectivity index (χ2v) is 4.90. The third kappa shape index (κ3) is 4.29. The van der Waals surface area contributed by atoms with Crippen LogP contribution in [0, 0.1) is 0 Å². The fourth-order valence-electron chi connectivity index (χ4n) is 1.55. The molecule has 5 nitrogen and oxygen atoms in total. The molecule has 0 aromatic carbocycles. The van der Waals surface area contributed by atoms with Crippen LogP contribution in [0.5, 0.6) is 0 Å². The minimum atomic E-state index is -4.49. The topological polar surface area (TPSA) is 69.6 Å². The fraction of sp³-hybridized carbons (Fsp3) is 0.818. The molecule has 1 atom stereocenters. The van der Waals surface area contributed by atoms with Crippen molar-refractivity contribution in [3.05, 3.63) is 0 Å². The summed E-state index contributed by atoms with van der Waals surface area (Å²) in [5.41, 5.74) is -1.56. The third-order valence-corrected chi connectivity index (χ3v) is 3.16. The lowest BCUT2D eigenvalue weighted by Gasteiger charge is -2.30. The van der Waals surface area contributed by atoms with Crippen LogP contribution in [0.1, 0.15) is 33.1 Å². The van der Waals surface area contributed by atoms with E-state index < -0.39 is 36.3 Å². The lowest BCUT2D eigenvalue weighted by Crippen LogP contribution is -2.57. The summed E-state index contributed by atoms with van der Waals surface area (Å²) in [6.07, 6.45) is -3.39. The smallest absolute Gasteiger partial charge is 0.406 e. The van der Waals surface area contributed by atoms with Crippen LogP contribution in [-0.2, 0) is 4.79 Å². The Morgan fingerprint density at radius 3 is 2.21 bits per heavy atom. The molecule has 1 rings (SSSR count). The highest BCUT2D eigenvalue weighted by molar-refractivity contribution is 5.86. The first-order valence-electron chi connectivity index (χ1n) is 5.98. The summed E-state index contributed by atoms with van der Waals surface area (Å²) < 4.78 is 37.2. The van der Waals surface area contributed by atoms with Crippen molar-refractivity contribution < 1.29 is 27.9 Å². The number of urea groups is 1. The normalized spacial score (nSPS) is 18.6. The largest absolute Gasteiger partial charge is 0.480 e. The van der Waals surface area contributed by atoms with Gasteiger partial charge in [-0.25, -0.2) is 9.59 Å². The fourth-order valence-corrected chi connectivity index (χ4v) is 1.55. The molecule has 0 spiro atoms. The number of nitrogens with one attached hydrogen (secondary N) is 1. The Labute approximate surface area is 108 Å². The van der Waals surface area contributed by atoms with Crippen molar-refractivity contribution in [2.24, 2.45) is 0 Å². The van der Waals surface area contributed by atoms with Crippen molar-refractivity contribution in [3.8, 4) is 0 Å². The highest BCUT2D eigenvalue weighted by Crippen LogP contribution is 2.30. The van der Waals surface area contributed by atoms with Gasteiger partial charge in [0.05, 0.1) is 0 Å². The average Bonchev–Trinajstić information content (AvgIpc) is 3.07. The van der Waals surface area contributed by atoms with Gasteiger partial charge in [-0.3, -0.25) is 0 Å². The van der Waals surface area contributed by atoms with Crippen molar-refractivity contribution in [2.75, 3.05) is 6.54 Å². The van der Waals surface area contributed by atoms with E-state index in [1.165, 1.54) is 6.92 Å². The van der Waals surface area contributed by atoms with Gasteiger partial charge < -0.3 is 15.3 Å². The molecule has 1 fully saturated rings. The van der Waals surface area contributed by atoms with Gasteiger partial charge in [-0.05, 0) is 26.2 Å². The number of carboxylic acid groups (broad SMARTS) is 1. The molecule has 19 heavy (non-hydrogen) atoms. The van der Waals surface area contributed by atoms with E-state index in [0.717, 1.165) is 0 Å². The van der Waals surface area contributed by atoms with E-state index >= 15 is 0 Å². The van der Waals surface area contributed by atoms with E-state index in [2.05, 4.69) is 5.32 Å². The number of rotatable bonds is 5. The molecule has 1 unspecified atom stereocenters. The van der Waals surface area contributed by atoms with Crippen LogP contribution in [0.4, 0.5) is 18.0 Å². The van der Waals surface area contributed by atoms with Gasteiger partial charge in [0.15, 0.2) is 0 Å². The highest BCUT2D eigenvalue weighted by atomic mass is 19.4. The predicted octanol–water partition coefficient (Wildman–Crippen LogP) is 1.98. The standard InChI is InChI=1S/C11H17F3N2O3/c1-3-10(2,8(17)18)15-9(19)16(7-4-5-7)6-11(12,13)14/h7H,3-6H2,1-2H3,(H,15,19)(H,17,18). The highest BCUT2D eigenvalue weighted by Gasteiger charge is 2.43. The number of carbonyl (C=O) groups excluding carboxylic acids is 1. The van der Waals surface area contributed by atoms with Crippen LogP contribution in [0.2, 0.25) is 0 Å². The summed E-state index contributed by atoms with van der Waals surface area (Å²) in [5, 5.41) is 11.2. The van der Waals surface area contributed by atoms with Crippen LogP contribution in [0.3, 0.4) is 0 Å². The Balaban J connectivity index is 2.75. The van der Waals surface area contributed by atoms with Crippen molar-refractivity contribution in [3.63, 3.8) is 0 Å². The molecule has 0 bridgehead atoms. The molecule has 110 valence electrons. The van der Waals surface area contributed by atoms with Crippen molar-refractivity contribution >= 4 is 12.0 Å². The van der Waals surface area contributed by atoms with E-state index in [0.29, 0.717) is 17.7 Å². The number of hydrogen-bond donors (Lipinski definition) is 2. The molecule has 8 heteroatoms. The van der Waals surface area contributed by atoms with Crippen molar-refractivity contribution in [2.45, 2.75) is 50.9 Å². The zero-order chi connectivity index (χ0) is 14.8. The number of halogens is 3. The minimum absolute atomic E-state index is 0.0819. The summed E-state index contributed by atoms with van der Waals surface area (Å²) in [4.78, 5) is 23.5. The molecule has 0 saturated heterocycles. The van der Waals surface area contributed by atoms with Gasteiger partial charge in [-0.15, -0.1) is 0 Å². The Morgan fingerprint density at radius 1 is 1.37 bits per heavy atom. The lowest BCUT2D eigenvalue weighted by atomic mass is 10.00. The molecule has 1 aliphatic carbocycles. The summed E-state index contributed by atoms with van der Waals surface area (Å²) >= 11 is 0. The molecule has 0 aliphatic heterocycles. The molecule has 1 aliphatic rings. The number of carboxylic acids is 1. The maximum atomic E-state index is 12.4. The molecule has 2 N–H and O–H groups in total. The number of alkyl halides is 3. The molecule has 0 heterocycles. The van der Waals surface area contributed by atoms with Gasteiger partial charge >= 0.3 is 18.2 Å². The van der Waals surface area contributed by atoms with Gasteiger partial charge in [0.2, 0.25) is 0 Å². The van der Waals surface area contributed by atoms with E-state index in [-0.39, 0.29) is 6.42 Å². The number of amides is 2. The summed E-state index contributed by atoms with van der Waals surface area (Å²) in [6, 6.07) is -1.43. The van der Waals surface area contributed by atoms with Gasteiger partial charge in [0, 0.05) is 6.04 Å². The van der Waals surface area contributed by atoms with E-state index in [1.807, 2.05) is 0 Å². The van der Waals surface area contributed by atoms with E-state index in [9.17, 15) is 22.8 Å². The van der Waals surface area contributed by atoms with Crippen molar-refractivity contribution in [1.29, 1.82) is 0 Å².